The molecule has 4 nitrogen and oxygen atoms in total. The van der Waals surface area contributed by atoms with Crippen LogP contribution in [0.15, 0.2) is 22.8 Å². The number of nitrogens with zero attached hydrogens (tertiary/aromatic N) is 2. The molecule has 2 heterocycles. The lowest BCUT2D eigenvalue weighted by Crippen LogP contribution is -2.55. The Morgan fingerprint density at radius 2 is 2.26 bits per heavy atom. The minimum atomic E-state index is 0.0210. The van der Waals surface area contributed by atoms with E-state index in [-0.39, 0.29) is 18.1 Å². The van der Waals surface area contributed by atoms with Crippen LogP contribution in [-0.2, 0) is 4.74 Å². The van der Waals surface area contributed by atoms with Crippen molar-refractivity contribution in [1.82, 2.24) is 9.88 Å². The second-order valence-corrected chi connectivity index (χ2v) is 5.95. The summed E-state index contributed by atoms with van der Waals surface area (Å²) in [5.74, 6) is 0.0210. The van der Waals surface area contributed by atoms with Crippen LogP contribution in [0.4, 0.5) is 0 Å². The Bertz CT molecular complexity index is 478. The molecular weight excluding hydrogens is 308 g/mol. The second kappa shape index (κ2) is 5.59. The number of aromatic nitrogens is 1. The smallest absolute Gasteiger partial charge is 0.274 e. The molecule has 3 rings (SSSR count). The van der Waals surface area contributed by atoms with Gasteiger partial charge in [-0.1, -0.05) is 12.8 Å². The summed E-state index contributed by atoms with van der Waals surface area (Å²) in [5.41, 5.74) is 0.508. The Morgan fingerprint density at radius 3 is 3.11 bits per heavy atom. The van der Waals surface area contributed by atoms with Crippen LogP contribution in [0, 0.1) is 0 Å². The van der Waals surface area contributed by atoms with Gasteiger partial charge in [-0.15, -0.1) is 0 Å². The van der Waals surface area contributed by atoms with Gasteiger partial charge in [0.1, 0.15) is 5.69 Å². The molecule has 0 radical (unpaired) electrons. The van der Waals surface area contributed by atoms with E-state index in [1.165, 1.54) is 12.8 Å². The summed E-state index contributed by atoms with van der Waals surface area (Å²) in [6.45, 7) is 1.31. The number of hydrogen-bond donors (Lipinski definition) is 0. The van der Waals surface area contributed by atoms with E-state index >= 15 is 0 Å². The molecule has 5 heteroatoms. The zero-order valence-electron chi connectivity index (χ0n) is 10.7. The predicted octanol–water partition coefficient (Wildman–Crippen LogP) is 2.63. The molecular formula is C14H17BrN2O2. The minimum Gasteiger partial charge on any atom is -0.374 e. The number of pyridine rings is 1. The van der Waals surface area contributed by atoms with E-state index in [1.54, 1.807) is 6.20 Å². The van der Waals surface area contributed by atoms with Gasteiger partial charge in [-0.05, 0) is 40.9 Å². The first-order valence-corrected chi connectivity index (χ1v) is 7.60. The summed E-state index contributed by atoms with van der Waals surface area (Å²) < 4.78 is 6.57. The average Bonchev–Trinajstić information content (AvgIpc) is 2.46. The van der Waals surface area contributed by atoms with Crippen molar-refractivity contribution < 1.29 is 9.53 Å². The molecule has 2 atom stereocenters. The fourth-order valence-electron chi connectivity index (χ4n) is 3.03. The van der Waals surface area contributed by atoms with Crippen molar-refractivity contribution in [2.24, 2.45) is 0 Å². The van der Waals surface area contributed by atoms with Crippen LogP contribution in [0.2, 0.25) is 0 Å². The third kappa shape index (κ3) is 2.54. The first-order valence-electron chi connectivity index (χ1n) is 6.80. The Labute approximate surface area is 121 Å². The Kier molecular flexibility index (Phi) is 3.84. The molecule has 1 aromatic heterocycles. The quantitative estimate of drug-likeness (QED) is 0.797. The van der Waals surface area contributed by atoms with Crippen LogP contribution in [-0.4, -0.2) is 41.1 Å². The van der Waals surface area contributed by atoms with Gasteiger partial charge in [0, 0.05) is 17.2 Å². The van der Waals surface area contributed by atoms with Gasteiger partial charge in [-0.2, -0.15) is 0 Å². The standard InChI is InChI=1S/C14H17BrN2O2/c15-10-4-3-7-16-13(10)14(18)17-8-9-19-12-6-2-1-5-11(12)17/h3-4,7,11-12H,1-2,5-6,8-9H2/t11-,12-/m0/s1. The summed E-state index contributed by atoms with van der Waals surface area (Å²) in [6, 6.07) is 3.91. The number of halogens is 1. The summed E-state index contributed by atoms with van der Waals surface area (Å²) >= 11 is 3.41. The third-order valence-corrected chi connectivity index (χ3v) is 4.59. The maximum Gasteiger partial charge on any atom is 0.274 e. The minimum absolute atomic E-state index is 0.0210. The van der Waals surface area contributed by atoms with E-state index in [0.717, 1.165) is 17.3 Å². The van der Waals surface area contributed by atoms with Crippen molar-refractivity contribution in [2.45, 2.75) is 37.8 Å². The number of ether oxygens (including phenoxy) is 1. The van der Waals surface area contributed by atoms with Crippen LogP contribution in [0.3, 0.4) is 0 Å². The monoisotopic (exact) mass is 324 g/mol. The lowest BCUT2D eigenvalue weighted by atomic mass is 9.90. The van der Waals surface area contributed by atoms with E-state index in [1.807, 2.05) is 17.0 Å². The molecule has 1 saturated heterocycles. The highest BCUT2D eigenvalue weighted by atomic mass is 79.9. The molecule has 2 aliphatic rings. The molecule has 1 aliphatic carbocycles. The number of morpholine rings is 1. The number of hydrogen-bond acceptors (Lipinski definition) is 3. The number of carbonyl (C=O) groups excluding carboxylic acids is 1. The Morgan fingerprint density at radius 1 is 1.42 bits per heavy atom. The largest absolute Gasteiger partial charge is 0.374 e. The molecule has 0 aromatic carbocycles. The summed E-state index contributed by atoms with van der Waals surface area (Å²) in [7, 11) is 0. The van der Waals surface area contributed by atoms with Crippen LogP contribution in [0.25, 0.3) is 0 Å². The van der Waals surface area contributed by atoms with E-state index in [4.69, 9.17) is 4.74 Å². The van der Waals surface area contributed by atoms with Gasteiger partial charge in [0.05, 0.1) is 18.8 Å². The molecule has 0 unspecified atom stereocenters. The van der Waals surface area contributed by atoms with Gasteiger partial charge in [0.25, 0.3) is 5.91 Å². The van der Waals surface area contributed by atoms with E-state index in [0.29, 0.717) is 18.8 Å². The number of fused-ring (bicyclic) bond motifs is 1. The van der Waals surface area contributed by atoms with Gasteiger partial charge < -0.3 is 9.64 Å². The highest BCUT2D eigenvalue weighted by Gasteiger charge is 2.37. The van der Waals surface area contributed by atoms with Gasteiger partial charge in [0.15, 0.2) is 0 Å². The SMILES string of the molecule is O=C(c1ncccc1Br)N1CCO[C@H]2CCCC[C@@H]21. The number of rotatable bonds is 1. The molecule has 19 heavy (non-hydrogen) atoms. The summed E-state index contributed by atoms with van der Waals surface area (Å²) in [6.07, 6.45) is 6.37. The Balaban J connectivity index is 1.84. The molecule has 2 fully saturated rings. The fraction of sp³-hybridized carbons (Fsp3) is 0.571. The first-order chi connectivity index (χ1) is 9.27. The van der Waals surface area contributed by atoms with Crippen LogP contribution in [0.5, 0.6) is 0 Å². The van der Waals surface area contributed by atoms with Crippen molar-refractivity contribution in [3.8, 4) is 0 Å². The average molecular weight is 325 g/mol. The highest BCUT2D eigenvalue weighted by molar-refractivity contribution is 9.10. The highest BCUT2D eigenvalue weighted by Crippen LogP contribution is 2.30. The molecule has 1 amide bonds. The molecule has 0 bridgehead atoms. The molecule has 1 saturated carbocycles. The maximum absolute atomic E-state index is 12.7. The maximum atomic E-state index is 12.7. The predicted molar refractivity (Wildman–Crippen MR) is 75.0 cm³/mol. The zero-order chi connectivity index (χ0) is 13.2. The first kappa shape index (κ1) is 13.1. The van der Waals surface area contributed by atoms with Crippen molar-refractivity contribution in [1.29, 1.82) is 0 Å². The van der Waals surface area contributed by atoms with E-state index < -0.39 is 0 Å². The van der Waals surface area contributed by atoms with E-state index in [2.05, 4.69) is 20.9 Å². The summed E-state index contributed by atoms with van der Waals surface area (Å²) in [5, 5.41) is 0. The van der Waals surface area contributed by atoms with Crippen LogP contribution >= 0.6 is 15.9 Å². The molecule has 0 N–H and O–H groups in total. The fourth-order valence-corrected chi connectivity index (χ4v) is 3.45. The molecule has 102 valence electrons. The second-order valence-electron chi connectivity index (χ2n) is 5.09. The molecule has 0 spiro atoms. The topological polar surface area (TPSA) is 42.4 Å². The molecule has 1 aromatic rings. The van der Waals surface area contributed by atoms with Gasteiger partial charge in [-0.3, -0.25) is 4.79 Å². The zero-order valence-corrected chi connectivity index (χ0v) is 12.3. The number of amides is 1. The normalized spacial score (nSPS) is 26.9. The van der Waals surface area contributed by atoms with Crippen molar-refractivity contribution in [3.05, 3.63) is 28.5 Å². The van der Waals surface area contributed by atoms with Gasteiger partial charge >= 0.3 is 0 Å². The van der Waals surface area contributed by atoms with Crippen molar-refractivity contribution in [3.63, 3.8) is 0 Å². The Hall–Kier alpha value is -0.940. The molecule has 1 aliphatic heterocycles. The van der Waals surface area contributed by atoms with Crippen LogP contribution in [0.1, 0.15) is 36.2 Å². The van der Waals surface area contributed by atoms with Gasteiger partial charge in [0.2, 0.25) is 0 Å². The van der Waals surface area contributed by atoms with Gasteiger partial charge in [-0.25, -0.2) is 4.98 Å². The number of carbonyl (C=O) groups is 1. The van der Waals surface area contributed by atoms with Crippen molar-refractivity contribution in [2.75, 3.05) is 13.2 Å². The third-order valence-electron chi connectivity index (χ3n) is 3.95. The van der Waals surface area contributed by atoms with Crippen molar-refractivity contribution >= 4 is 21.8 Å². The van der Waals surface area contributed by atoms with Crippen LogP contribution < -0.4 is 0 Å². The lowest BCUT2D eigenvalue weighted by molar-refractivity contribution is -0.0754. The lowest BCUT2D eigenvalue weighted by Gasteiger charge is -2.43. The summed E-state index contributed by atoms with van der Waals surface area (Å²) in [4.78, 5) is 18.8. The van der Waals surface area contributed by atoms with E-state index in [9.17, 15) is 4.79 Å².